The Labute approximate surface area is 192 Å². The Bertz CT molecular complexity index is 876. The lowest BCUT2D eigenvalue weighted by Crippen LogP contribution is -2.62. The van der Waals surface area contributed by atoms with Gasteiger partial charge in [0.1, 0.15) is 23.2 Å². The van der Waals surface area contributed by atoms with E-state index in [0.29, 0.717) is 32.1 Å². The molecule has 0 aromatic heterocycles. The van der Waals surface area contributed by atoms with E-state index >= 15 is 0 Å². The van der Waals surface area contributed by atoms with Crippen molar-refractivity contribution in [1.29, 1.82) is 0 Å². The molecule has 7 nitrogen and oxygen atoms in total. The van der Waals surface area contributed by atoms with Crippen LogP contribution in [0.4, 0.5) is 8.78 Å². The number of fused-ring (bicyclic) bond motifs is 3. The molecule has 3 heterocycles. The maximum Gasteiger partial charge on any atom is 0.377 e. The van der Waals surface area contributed by atoms with Gasteiger partial charge in [0.05, 0.1) is 9.33 Å². The molecule has 4 bridgehead atoms. The number of ether oxygens (including phenoxy) is 4. The second-order valence-corrected chi connectivity index (χ2v) is 13.2. The number of hydrogen-bond acceptors (Lipinski definition) is 9. The summed E-state index contributed by atoms with van der Waals surface area (Å²) in [5, 5.41) is -0.0782. The van der Waals surface area contributed by atoms with Crippen LogP contribution in [0.5, 0.6) is 0 Å². The smallest absolute Gasteiger partial charge is 0.377 e. The van der Waals surface area contributed by atoms with Gasteiger partial charge >= 0.3 is 23.8 Å². The highest BCUT2D eigenvalue weighted by Gasteiger charge is 2.72. The highest BCUT2D eigenvalue weighted by atomic mass is 32.2. The molecule has 1 spiro atoms. The summed E-state index contributed by atoms with van der Waals surface area (Å²) >= 11 is 3.51. The molecule has 7 aliphatic rings. The van der Waals surface area contributed by atoms with Gasteiger partial charge in [-0.3, -0.25) is 4.79 Å². The molecule has 4 aliphatic carbocycles. The van der Waals surface area contributed by atoms with Gasteiger partial charge in [-0.25, -0.2) is 9.59 Å². The quantitative estimate of drug-likeness (QED) is 0.438. The van der Waals surface area contributed by atoms with Gasteiger partial charge in [0, 0.05) is 13.8 Å². The molecular formula is C21H24F2O7S2. The molecule has 4 saturated carbocycles. The first-order chi connectivity index (χ1) is 15.0. The Balaban J connectivity index is 1.22. The standard InChI is InChI=1S/C21H24F2O7S2/c1-8(24)27-14-12-13(28-16(14)25)15-17(29-12)32-21(31-15)10-3-9-4-11(21)7-20(5-9,6-10)30-18(26)19(2,22)23/h9-15,17H,3-7H2,1-2H3. The number of rotatable bonds is 3. The Kier molecular flexibility index (Phi) is 4.53. The van der Waals surface area contributed by atoms with Crippen molar-refractivity contribution in [1.82, 2.24) is 0 Å². The number of carbonyl (C=O) groups excluding carboxylic acids is 3. The molecule has 7 atom stereocenters. The van der Waals surface area contributed by atoms with Crippen LogP contribution in [-0.2, 0) is 33.3 Å². The van der Waals surface area contributed by atoms with Crippen molar-refractivity contribution in [3.05, 3.63) is 0 Å². The maximum atomic E-state index is 13.5. The first kappa shape index (κ1) is 21.5. The summed E-state index contributed by atoms with van der Waals surface area (Å²) in [6.07, 6.45) is 1.64. The molecule has 176 valence electrons. The van der Waals surface area contributed by atoms with E-state index in [9.17, 15) is 23.2 Å². The van der Waals surface area contributed by atoms with Crippen LogP contribution in [0.2, 0.25) is 0 Å². The average Bonchev–Trinajstić information content (AvgIpc) is 3.28. The fraction of sp³-hybridized carbons (Fsp3) is 0.857. The van der Waals surface area contributed by atoms with Gasteiger partial charge in [0.25, 0.3) is 0 Å². The van der Waals surface area contributed by atoms with E-state index in [-0.39, 0.29) is 26.6 Å². The Hall–Kier alpha value is -1.07. The van der Waals surface area contributed by atoms with Gasteiger partial charge in [-0.15, -0.1) is 23.5 Å². The summed E-state index contributed by atoms with van der Waals surface area (Å²) < 4.78 is 49.3. The van der Waals surface area contributed by atoms with Crippen LogP contribution < -0.4 is 0 Å². The second-order valence-electron chi connectivity index (χ2n) is 10.1. The molecule has 7 fully saturated rings. The third-order valence-electron chi connectivity index (χ3n) is 7.84. The van der Waals surface area contributed by atoms with E-state index in [1.807, 2.05) is 0 Å². The summed E-state index contributed by atoms with van der Waals surface area (Å²) in [4.78, 5) is 35.6. The Morgan fingerprint density at radius 2 is 1.81 bits per heavy atom. The Morgan fingerprint density at radius 1 is 1.12 bits per heavy atom. The SMILES string of the molecule is CC(=O)OC1C(=O)OC2C1OC1SC3(SC12)C1CC2CC3CC(OC(=O)C(C)(F)F)(C2)C1. The predicted octanol–water partition coefficient (Wildman–Crippen LogP) is 2.89. The fourth-order valence-corrected chi connectivity index (χ4v) is 11.4. The zero-order valence-electron chi connectivity index (χ0n) is 17.6. The predicted molar refractivity (Wildman–Crippen MR) is 109 cm³/mol. The van der Waals surface area contributed by atoms with Crippen LogP contribution in [-0.4, -0.2) is 62.5 Å². The molecule has 0 radical (unpaired) electrons. The van der Waals surface area contributed by atoms with Gasteiger partial charge in [0.15, 0.2) is 0 Å². The Morgan fingerprint density at radius 3 is 2.44 bits per heavy atom. The van der Waals surface area contributed by atoms with Gasteiger partial charge in [-0.1, -0.05) is 0 Å². The minimum atomic E-state index is -3.50. The first-order valence-electron chi connectivity index (χ1n) is 11.0. The average molecular weight is 491 g/mol. The molecule has 32 heavy (non-hydrogen) atoms. The van der Waals surface area contributed by atoms with Crippen LogP contribution in [0.1, 0.15) is 46.0 Å². The first-order valence-corrected chi connectivity index (χ1v) is 12.8. The summed E-state index contributed by atoms with van der Waals surface area (Å²) in [7, 11) is 0. The fourth-order valence-electron chi connectivity index (χ4n) is 6.95. The number of esters is 3. The zero-order chi connectivity index (χ0) is 22.6. The van der Waals surface area contributed by atoms with Crippen molar-refractivity contribution < 1.29 is 42.1 Å². The lowest BCUT2D eigenvalue weighted by Gasteiger charge is -2.63. The van der Waals surface area contributed by atoms with Crippen molar-refractivity contribution in [2.45, 2.75) is 90.6 Å². The summed E-state index contributed by atoms with van der Waals surface area (Å²) in [6, 6.07) is 0. The van der Waals surface area contributed by atoms with Crippen molar-refractivity contribution in [2.24, 2.45) is 17.8 Å². The largest absolute Gasteiger partial charge is 0.455 e. The van der Waals surface area contributed by atoms with Gasteiger partial charge in [-0.05, 0) is 49.9 Å². The van der Waals surface area contributed by atoms with E-state index in [4.69, 9.17) is 18.9 Å². The lowest BCUT2D eigenvalue weighted by atomic mass is 9.53. The van der Waals surface area contributed by atoms with Crippen LogP contribution in [0.25, 0.3) is 0 Å². The van der Waals surface area contributed by atoms with Gasteiger partial charge < -0.3 is 18.9 Å². The van der Waals surface area contributed by atoms with Crippen LogP contribution >= 0.6 is 23.5 Å². The van der Waals surface area contributed by atoms with Crippen LogP contribution in [0.3, 0.4) is 0 Å². The van der Waals surface area contributed by atoms with Crippen molar-refractivity contribution in [2.75, 3.05) is 0 Å². The lowest BCUT2D eigenvalue weighted by molar-refractivity contribution is -0.208. The van der Waals surface area contributed by atoms with E-state index in [1.54, 1.807) is 23.5 Å². The van der Waals surface area contributed by atoms with Gasteiger partial charge in [0.2, 0.25) is 6.10 Å². The highest BCUT2D eigenvalue weighted by Crippen LogP contribution is 2.74. The topological polar surface area (TPSA) is 88.1 Å². The molecule has 0 N–H and O–H groups in total. The third-order valence-corrected chi connectivity index (χ3v) is 12.1. The molecule has 3 saturated heterocycles. The van der Waals surface area contributed by atoms with Gasteiger partial charge in [-0.2, -0.15) is 8.78 Å². The molecule has 7 unspecified atom stereocenters. The molecular weight excluding hydrogens is 466 g/mol. The van der Waals surface area contributed by atoms with Crippen LogP contribution in [0.15, 0.2) is 0 Å². The summed E-state index contributed by atoms with van der Waals surface area (Å²) in [6.45, 7) is 1.83. The molecule has 3 aliphatic heterocycles. The van der Waals surface area contributed by atoms with E-state index in [1.165, 1.54) is 6.92 Å². The molecule has 0 aromatic rings. The summed E-state index contributed by atoms with van der Waals surface area (Å²) in [5.74, 6) is -5.28. The normalized spacial score (nSPS) is 50.3. The highest BCUT2D eigenvalue weighted by molar-refractivity contribution is 8.22. The monoisotopic (exact) mass is 490 g/mol. The minimum Gasteiger partial charge on any atom is -0.455 e. The van der Waals surface area contributed by atoms with Crippen LogP contribution in [0, 0.1) is 17.8 Å². The molecule has 7 rings (SSSR count). The van der Waals surface area contributed by atoms with E-state index in [0.717, 1.165) is 12.8 Å². The number of alkyl halides is 2. The van der Waals surface area contributed by atoms with Crippen molar-refractivity contribution in [3.63, 3.8) is 0 Å². The third kappa shape index (κ3) is 2.99. The summed E-state index contributed by atoms with van der Waals surface area (Å²) in [5.41, 5.74) is -1.00. The van der Waals surface area contributed by atoms with Crippen molar-refractivity contribution >= 4 is 41.4 Å². The number of hydrogen-bond donors (Lipinski definition) is 0. The number of halogens is 2. The molecule has 0 amide bonds. The second kappa shape index (κ2) is 6.75. The molecule has 0 aromatic carbocycles. The number of carbonyl (C=O) groups is 3. The molecule has 11 heteroatoms. The van der Waals surface area contributed by atoms with E-state index < -0.39 is 47.7 Å². The van der Waals surface area contributed by atoms with E-state index in [2.05, 4.69) is 0 Å². The maximum absolute atomic E-state index is 13.5. The number of thioether (sulfide) groups is 2. The zero-order valence-corrected chi connectivity index (χ0v) is 19.2. The minimum absolute atomic E-state index is 0.0782. The van der Waals surface area contributed by atoms with Crippen molar-refractivity contribution in [3.8, 4) is 0 Å².